The molecule has 0 saturated heterocycles. The minimum Gasteiger partial charge on any atom is -0.349 e. The smallest absolute Gasteiger partial charge is 0.241 e. The van der Waals surface area contributed by atoms with Crippen LogP contribution in [0, 0.1) is 0 Å². The van der Waals surface area contributed by atoms with Crippen LogP contribution in [0.5, 0.6) is 0 Å². The van der Waals surface area contributed by atoms with Crippen LogP contribution >= 0.6 is 34.8 Å². The second-order valence-corrected chi connectivity index (χ2v) is 14.1. The van der Waals surface area contributed by atoms with Gasteiger partial charge in [-0.3, -0.25) is 4.79 Å². The molecule has 0 spiro atoms. The Labute approximate surface area is 251 Å². The molecule has 40 heavy (non-hydrogen) atoms. The average molecular weight is 623 g/mol. The van der Waals surface area contributed by atoms with Gasteiger partial charge in [-0.25, -0.2) is 13.1 Å². The number of aryl methyl sites for hydroxylation is 1. The lowest BCUT2D eigenvalue weighted by atomic mass is 9.86. The molecule has 214 valence electrons. The van der Waals surface area contributed by atoms with Gasteiger partial charge in [0.1, 0.15) is 0 Å². The van der Waals surface area contributed by atoms with Crippen LogP contribution < -0.4 is 15.4 Å². The first-order valence-corrected chi connectivity index (χ1v) is 15.8. The topological polar surface area (TPSA) is 87.3 Å². The molecule has 0 fully saturated rings. The Balaban J connectivity index is 1.52. The van der Waals surface area contributed by atoms with Gasteiger partial charge in [0.05, 0.1) is 27.0 Å². The molecule has 3 aromatic carbocycles. The van der Waals surface area contributed by atoms with Crippen LogP contribution in [0.25, 0.3) is 0 Å². The molecule has 3 N–H and O–H groups in total. The van der Waals surface area contributed by atoms with E-state index in [0.29, 0.717) is 10.6 Å². The van der Waals surface area contributed by atoms with Crippen LogP contribution in [-0.2, 0) is 27.8 Å². The fraction of sp³-hybridized carbons (Fsp3) is 0.367. The van der Waals surface area contributed by atoms with Crippen LogP contribution in [0.4, 0.5) is 0 Å². The molecule has 2 unspecified atom stereocenters. The molecule has 0 saturated carbocycles. The summed E-state index contributed by atoms with van der Waals surface area (Å²) < 4.78 is 29.2. The van der Waals surface area contributed by atoms with Gasteiger partial charge in [-0.05, 0) is 92.6 Å². The molecule has 2 atom stereocenters. The summed E-state index contributed by atoms with van der Waals surface area (Å²) in [6.07, 6.45) is 2.62. The highest BCUT2D eigenvalue weighted by Gasteiger charge is 2.27. The predicted molar refractivity (Wildman–Crippen MR) is 162 cm³/mol. The Hall–Kier alpha value is -2.13. The number of benzene rings is 3. The van der Waals surface area contributed by atoms with E-state index >= 15 is 0 Å². The molecule has 10 heteroatoms. The molecule has 1 aliphatic carbocycles. The number of halogens is 3. The number of hydrogen-bond acceptors (Lipinski definition) is 4. The van der Waals surface area contributed by atoms with Crippen LogP contribution in [0.2, 0.25) is 15.1 Å². The van der Waals surface area contributed by atoms with E-state index in [2.05, 4.69) is 54.3 Å². The summed E-state index contributed by atoms with van der Waals surface area (Å²) in [5.41, 5.74) is 4.14. The van der Waals surface area contributed by atoms with Gasteiger partial charge < -0.3 is 10.6 Å². The number of carbonyl (C=O) groups excluding carboxylic acids is 1. The van der Waals surface area contributed by atoms with E-state index in [0.717, 1.165) is 31.4 Å². The fourth-order valence-corrected chi connectivity index (χ4v) is 6.60. The van der Waals surface area contributed by atoms with Crippen molar-refractivity contribution in [3.63, 3.8) is 0 Å². The van der Waals surface area contributed by atoms with Gasteiger partial charge in [-0.2, -0.15) is 0 Å². The van der Waals surface area contributed by atoms with Crippen molar-refractivity contribution in [3.8, 4) is 0 Å². The van der Waals surface area contributed by atoms with Gasteiger partial charge in [0, 0.05) is 23.5 Å². The van der Waals surface area contributed by atoms with Crippen molar-refractivity contribution in [1.29, 1.82) is 0 Å². The SMILES string of the molecule is CC(C)(C)NCc1ccc2c(c1)CCCC2NC(=O)CC(NS(=O)(=O)c1ccc(Cl)c(Cl)c1)c1cccc(Cl)c1. The highest BCUT2D eigenvalue weighted by Crippen LogP contribution is 2.32. The van der Waals surface area contributed by atoms with E-state index < -0.39 is 16.1 Å². The second-order valence-electron chi connectivity index (χ2n) is 11.2. The molecule has 1 aliphatic rings. The van der Waals surface area contributed by atoms with Gasteiger partial charge in [0.25, 0.3) is 0 Å². The van der Waals surface area contributed by atoms with Crippen LogP contribution in [0.3, 0.4) is 0 Å². The third-order valence-corrected chi connectivity index (χ3v) is 9.26. The van der Waals surface area contributed by atoms with Crippen molar-refractivity contribution in [2.24, 2.45) is 0 Å². The van der Waals surface area contributed by atoms with E-state index in [1.807, 2.05) is 0 Å². The zero-order valence-electron chi connectivity index (χ0n) is 22.7. The van der Waals surface area contributed by atoms with Crippen molar-refractivity contribution in [1.82, 2.24) is 15.4 Å². The zero-order valence-corrected chi connectivity index (χ0v) is 25.8. The van der Waals surface area contributed by atoms with Crippen molar-refractivity contribution >= 4 is 50.7 Å². The minimum absolute atomic E-state index is 0.0211. The molecular formula is C30H34Cl3N3O3S. The fourth-order valence-electron chi connectivity index (χ4n) is 4.78. The number of fused-ring (bicyclic) bond motifs is 1. The maximum Gasteiger partial charge on any atom is 0.241 e. The summed E-state index contributed by atoms with van der Waals surface area (Å²) in [6, 6.07) is 16.3. The first-order chi connectivity index (χ1) is 18.8. The summed E-state index contributed by atoms with van der Waals surface area (Å²) in [4.78, 5) is 13.3. The number of carbonyl (C=O) groups is 1. The van der Waals surface area contributed by atoms with Crippen molar-refractivity contribution in [3.05, 3.63) is 98.0 Å². The van der Waals surface area contributed by atoms with Crippen LogP contribution in [0.1, 0.15) is 74.4 Å². The monoisotopic (exact) mass is 621 g/mol. The number of nitrogens with one attached hydrogen (secondary N) is 3. The van der Waals surface area contributed by atoms with Gasteiger partial charge in [0.15, 0.2) is 0 Å². The molecule has 0 aliphatic heterocycles. The Morgan fingerprint density at radius 2 is 1.77 bits per heavy atom. The summed E-state index contributed by atoms with van der Waals surface area (Å²) in [6.45, 7) is 7.18. The summed E-state index contributed by atoms with van der Waals surface area (Å²) in [5, 5.41) is 7.47. The third-order valence-electron chi connectivity index (χ3n) is 6.82. The largest absolute Gasteiger partial charge is 0.349 e. The van der Waals surface area contributed by atoms with E-state index in [-0.39, 0.29) is 38.8 Å². The van der Waals surface area contributed by atoms with Gasteiger partial charge in [0.2, 0.25) is 15.9 Å². The van der Waals surface area contributed by atoms with E-state index in [4.69, 9.17) is 34.8 Å². The molecule has 0 bridgehead atoms. The Bertz CT molecular complexity index is 1490. The summed E-state index contributed by atoms with van der Waals surface area (Å²) in [7, 11) is -4.03. The maximum absolute atomic E-state index is 13.4. The first-order valence-electron chi connectivity index (χ1n) is 13.2. The molecule has 0 radical (unpaired) electrons. The Kier molecular flexibility index (Phi) is 9.87. The molecule has 0 heterocycles. The number of sulfonamides is 1. The molecule has 3 aromatic rings. The molecule has 6 nitrogen and oxygen atoms in total. The predicted octanol–water partition coefficient (Wildman–Crippen LogP) is 7.14. The van der Waals surface area contributed by atoms with Crippen LogP contribution in [0.15, 0.2) is 65.6 Å². The van der Waals surface area contributed by atoms with Gasteiger partial charge in [-0.15, -0.1) is 0 Å². The van der Waals surface area contributed by atoms with E-state index in [1.54, 1.807) is 24.3 Å². The lowest BCUT2D eigenvalue weighted by molar-refractivity contribution is -0.122. The second kappa shape index (κ2) is 12.8. The molecular weight excluding hydrogens is 589 g/mol. The third kappa shape index (κ3) is 8.21. The number of rotatable bonds is 9. The van der Waals surface area contributed by atoms with Crippen molar-refractivity contribution in [2.45, 2.75) is 75.5 Å². The lowest BCUT2D eigenvalue weighted by Gasteiger charge is -2.28. The number of hydrogen-bond donors (Lipinski definition) is 3. The Morgan fingerprint density at radius 1 is 1.00 bits per heavy atom. The minimum atomic E-state index is -4.03. The standard InChI is InChI=1S/C30H34Cl3N3O3S/c1-30(2,3)34-18-19-10-12-24-20(14-19)6-5-9-27(24)35-29(37)17-28(21-7-4-8-22(31)15-21)36-40(38,39)23-11-13-25(32)26(33)16-23/h4,7-8,10-16,27-28,34,36H,5-6,9,17-18H2,1-3H3,(H,35,37). The quantitative estimate of drug-likeness (QED) is 0.237. The Morgan fingerprint density at radius 3 is 2.48 bits per heavy atom. The van der Waals surface area contributed by atoms with Crippen LogP contribution in [-0.4, -0.2) is 19.9 Å². The van der Waals surface area contributed by atoms with E-state index in [9.17, 15) is 13.2 Å². The molecule has 0 aromatic heterocycles. The summed E-state index contributed by atoms with van der Waals surface area (Å²) in [5.74, 6) is -0.266. The van der Waals surface area contributed by atoms with E-state index in [1.165, 1.54) is 29.3 Å². The normalized spacial score (nSPS) is 16.3. The van der Waals surface area contributed by atoms with Crippen molar-refractivity contribution < 1.29 is 13.2 Å². The highest BCUT2D eigenvalue weighted by molar-refractivity contribution is 7.89. The molecule has 4 rings (SSSR count). The summed E-state index contributed by atoms with van der Waals surface area (Å²) >= 11 is 18.2. The lowest BCUT2D eigenvalue weighted by Crippen LogP contribution is -2.36. The maximum atomic E-state index is 13.4. The molecule has 1 amide bonds. The first kappa shape index (κ1) is 30.8. The van der Waals surface area contributed by atoms with Gasteiger partial charge >= 0.3 is 0 Å². The zero-order chi connectivity index (χ0) is 29.1. The number of amides is 1. The van der Waals surface area contributed by atoms with Crippen molar-refractivity contribution in [2.75, 3.05) is 0 Å². The van der Waals surface area contributed by atoms with Gasteiger partial charge in [-0.1, -0.05) is 65.1 Å². The highest BCUT2D eigenvalue weighted by atomic mass is 35.5. The average Bonchev–Trinajstić information content (AvgIpc) is 2.88.